The van der Waals surface area contributed by atoms with E-state index in [4.69, 9.17) is 31.0 Å². The van der Waals surface area contributed by atoms with E-state index in [1.54, 1.807) is 18.2 Å². The molecule has 0 radical (unpaired) electrons. The molecule has 1 unspecified atom stereocenters. The quantitative estimate of drug-likeness (QED) is 0.191. The summed E-state index contributed by atoms with van der Waals surface area (Å²) in [7, 11) is 0. The topological polar surface area (TPSA) is 81.5 Å². The number of nitrogens with zero attached hydrogens (tertiary/aromatic N) is 4. The molecule has 4 aromatic rings. The third-order valence-corrected chi connectivity index (χ3v) is 9.79. The van der Waals surface area contributed by atoms with Crippen molar-refractivity contribution in [1.29, 1.82) is 0 Å². The molecule has 7 rings (SSSR count). The van der Waals surface area contributed by atoms with E-state index in [-0.39, 0.29) is 37.4 Å². The van der Waals surface area contributed by atoms with Crippen molar-refractivity contribution >= 4 is 34.2 Å². The van der Waals surface area contributed by atoms with Crippen molar-refractivity contribution in [2.45, 2.75) is 76.2 Å². The smallest absolute Gasteiger partial charge is 0.248 e. The first-order chi connectivity index (χ1) is 22.7. The molecule has 4 heterocycles. The van der Waals surface area contributed by atoms with Crippen molar-refractivity contribution in [3.05, 3.63) is 82.5 Å². The molecule has 47 heavy (non-hydrogen) atoms. The molecule has 1 aliphatic carbocycles. The Morgan fingerprint density at radius 2 is 1.89 bits per heavy atom. The Morgan fingerprint density at radius 1 is 1.06 bits per heavy atom. The number of halogens is 4. The van der Waals surface area contributed by atoms with Crippen LogP contribution in [0.4, 0.5) is 18.9 Å². The molecule has 8 nitrogen and oxygen atoms in total. The van der Waals surface area contributed by atoms with E-state index in [9.17, 15) is 18.0 Å². The number of hydrogen-bond donors (Lipinski definition) is 1. The summed E-state index contributed by atoms with van der Waals surface area (Å²) in [6.45, 7) is 3.92. The van der Waals surface area contributed by atoms with Crippen molar-refractivity contribution in [3.8, 4) is 5.88 Å². The first-order valence-electron chi connectivity index (χ1n) is 16.2. The number of likely N-dealkylation sites (tertiary alicyclic amines) is 1. The van der Waals surface area contributed by atoms with Gasteiger partial charge in [-0.2, -0.15) is 0 Å². The van der Waals surface area contributed by atoms with Gasteiger partial charge in [-0.15, -0.1) is 0 Å². The molecule has 248 valence electrons. The van der Waals surface area contributed by atoms with E-state index in [0.717, 1.165) is 61.5 Å². The normalized spacial score (nSPS) is 21.5. The highest BCUT2D eigenvalue weighted by molar-refractivity contribution is 6.30. The summed E-state index contributed by atoms with van der Waals surface area (Å²) >= 11 is 5.86. The minimum atomic E-state index is -2.77. The molecule has 2 atom stereocenters. The van der Waals surface area contributed by atoms with Gasteiger partial charge >= 0.3 is 0 Å². The minimum absolute atomic E-state index is 0.0676. The van der Waals surface area contributed by atoms with Crippen LogP contribution in [-0.4, -0.2) is 57.1 Å². The van der Waals surface area contributed by atoms with Crippen LogP contribution in [0.2, 0.25) is 5.02 Å². The number of nitrogens with one attached hydrogen (secondary N) is 1. The molecular formula is C35H37ClF3N5O3. The van der Waals surface area contributed by atoms with Gasteiger partial charge in [0.05, 0.1) is 30.2 Å². The molecule has 2 aromatic carbocycles. The van der Waals surface area contributed by atoms with Gasteiger partial charge in [-0.3, -0.25) is 9.69 Å². The molecule has 2 aliphatic heterocycles. The Morgan fingerprint density at radius 3 is 2.62 bits per heavy atom. The van der Waals surface area contributed by atoms with Gasteiger partial charge < -0.3 is 19.4 Å². The van der Waals surface area contributed by atoms with Crippen molar-refractivity contribution in [2.24, 2.45) is 5.92 Å². The van der Waals surface area contributed by atoms with Gasteiger partial charge in [-0.1, -0.05) is 23.7 Å². The number of anilines is 1. The third kappa shape index (κ3) is 7.42. The van der Waals surface area contributed by atoms with E-state index in [2.05, 4.69) is 14.8 Å². The number of imidazole rings is 1. The zero-order chi connectivity index (χ0) is 32.5. The molecule has 1 amide bonds. The first-order valence-corrected chi connectivity index (χ1v) is 16.6. The number of amides is 1. The number of piperidine rings is 1. The number of rotatable bonds is 10. The molecule has 3 aliphatic rings. The summed E-state index contributed by atoms with van der Waals surface area (Å²) in [6.07, 6.45) is 2.52. The number of pyridine rings is 1. The van der Waals surface area contributed by atoms with Crippen LogP contribution >= 0.6 is 11.6 Å². The summed E-state index contributed by atoms with van der Waals surface area (Å²) < 4.78 is 55.3. The predicted octanol–water partition coefficient (Wildman–Crippen LogP) is 7.35. The molecule has 1 N–H and O–H groups in total. The van der Waals surface area contributed by atoms with E-state index in [1.807, 2.05) is 30.3 Å². The molecule has 2 aromatic heterocycles. The molecular weight excluding hydrogens is 631 g/mol. The highest BCUT2D eigenvalue weighted by atomic mass is 35.5. The summed E-state index contributed by atoms with van der Waals surface area (Å²) in [6, 6.07) is 15.8. The number of aromatic nitrogens is 3. The Bertz CT molecular complexity index is 1760. The summed E-state index contributed by atoms with van der Waals surface area (Å²) in [5.41, 5.74) is 3.65. The first kappa shape index (κ1) is 31.9. The summed E-state index contributed by atoms with van der Waals surface area (Å²) in [5, 5.41) is 3.18. The molecule has 12 heteroatoms. The van der Waals surface area contributed by atoms with Crippen molar-refractivity contribution in [3.63, 3.8) is 0 Å². The second-order valence-electron chi connectivity index (χ2n) is 12.9. The fourth-order valence-electron chi connectivity index (χ4n) is 6.75. The maximum absolute atomic E-state index is 14.2. The lowest BCUT2D eigenvalue weighted by Gasteiger charge is -2.32. The number of ether oxygens (including phenoxy) is 2. The van der Waals surface area contributed by atoms with E-state index in [1.165, 1.54) is 6.07 Å². The van der Waals surface area contributed by atoms with Crippen LogP contribution in [0.25, 0.3) is 11.0 Å². The zero-order valence-electron chi connectivity index (χ0n) is 25.9. The minimum Gasteiger partial charge on any atom is -0.473 e. The van der Waals surface area contributed by atoms with Crippen LogP contribution in [0.3, 0.4) is 0 Å². The maximum atomic E-state index is 14.2. The lowest BCUT2D eigenvalue weighted by atomic mass is 9.93. The lowest BCUT2D eigenvalue weighted by molar-refractivity contribution is -0.120. The third-order valence-electron chi connectivity index (χ3n) is 9.56. The van der Waals surface area contributed by atoms with Crippen LogP contribution in [0.15, 0.2) is 54.6 Å². The van der Waals surface area contributed by atoms with Crippen molar-refractivity contribution < 1.29 is 27.4 Å². The van der Waals surface area contributed by atoms with E-state index >= 15 is 0 Å². The zero-order valence-corrected chi connectivity index (χ0v) is 26.7. The number of alkyl halides is 2. The number of fused-ring (bicyclic) bond motifs is 1. The second kappa shape index (κ2) is 13.4. The van der Waals surface area contributed by atoms with Crippen LogP contribution in [0.1, 0.15) is 61.5 Å². The summed E-state index contributed by atoms with van der Waals surface area (Å²) in [4.78, 5) is 24.8. The molecule has 2 saturated heterocycles. The van der Waals surface area contributed by atoms with Crippen LogP contribution < -0.4 is 10.1 Å². The maximum Gasteiger partial charge on any atom is 0.248 e. The molecule has 3 fully saturated rings. The second-order valence-corrected chi connectivity index (χ2v) is 13.3. The number of hydrogen-bond acceptors (Lipinski definition) is 6. The van der Waals surface area contributed by atoms with Gasteiger partial charge in [0.15, 0.2) is 0 Å². The van der Waals surface area contributed by atoms with E-state index < -0.39 is 24.1 Å². The van der Waals surface area contributed by atoms with Gasteiger partial charge in [0, 0.05) is 59.3 Å². The average Bonchev–Trinajstić information content (AvgIpc) is 3.57. The Balaban J connectivity index is 0.996. The molecule has 1 saturated carbocycles. The van der Waals surface area contributed by atoms with Gasteiger partial charge in [0.2, 0.25) is 17.7 Å². The monoisotopic (exact) mass is 667 g/mol. The SMILES string of the molecule is O=C(Nc1ccc2c(c1)nc(CN1CCC(c3cccc(OCc4ccc(Cl)cc4F)n3)CC1)n2C[C@@H]1CCO1)C1CCC(F)(F)C1. The van der Waals surface area contributed by atoms with Crippen LogP contribution in [0, 0.1) is 11.7 Å². The average molecular weight is 668 g/mol. The summed E-state index contributed by atoms with van der Waals surface area (Å²) in [5.74, 6) is -2.57. The lowest BCUT2D eigenvalue weighted by Crippen LogP contribution is -2.35. The predicted molar refractivity (Wildman–Crippen MR) is 172 cm³/mol. The number of carbonyl (C=O) groups is 1. The Kier molecular flexibility index (Phi) is 9.13. The van der Waals surface area contributed by atoms with Gasteiger partial charge in [-0.05, 0) is 75.2 Å². The Hall–Kier alpha value is -3.67. The van der Waals surface area contributed by atoms with Crippen LogP contribution in [-0.2, 0) is 29.2 Å². The molecule has 0 bridgehead atoms. The molecule has 0 spiro atoms. The van der Waals surface area contributed by atoms with Gasteiger partial charge in [0.1, 0.15) is 18.2 Å². The van der Waals surface area contributed by atoms with Crippen LogP contribution in [0.5, 0.6) is 5.88 Å². The standard InChI is InChI=1S/C35H37ClF3N5O3/c36-25-5-4-24(28(37)16-25)21-47-33-3-1-2-29(42-33)22-9-13-43(14-10-22)20-32-41-30-17-26(40-34(45)23-8-12-35(38,39)18-23)6-7-31(30)44(32)19-27-11-15-46-27/h1-7,16-17,22-23,27H,8-15,18-21H2,(H,40,45)/t23?,27-/m0/s1. The van der Waals surface area contributed by atoms with E-state index in [0.29, 0.717) is 35.2 Å². The van der Waals surface area contributed by atoms with Crippen molar-refractivity contribution in [1.82, 2.24) is 19.4 Å². The Labute approximate surface area is 276 Å². The van der Waals surface area contributed by atoms with Gasteiger partial charge in [0.25, 0.3) is 0 Å². The van der Waals surface area contributed by atoms with Gasteiger partial charge in [-0.25, -0.2) is 23.1 Å². The fraction of sp³-hybridized carbons (Fsp3) is 0.457. The number of benzene rings is 2. The highest BCUT2D eigenvalue weighted by Crippen LogP contribution is 2.39. The highest BCUT2D eigenvalue weighted by Gasteiger charge is 2.42. The van der Waals surface area contributed by atoms with Crippen molar-refractivity contribution in [2.75, 3.05) is 25.0 Å². The number of carbonyl (C=O) groups excluding carboxylic acids is 1. The largest absolute Gasteiger partial charge is 0.473 e. The fourth-order valence-corrected chi connectivity index (χ4v) is 6.91.